The molecule has 1 heterocycles. The zero-order chi connectivity index (χ0) is 13.9. The Bertz CT molecular complexity index is 463. The van der Waals surface area contributed by atoms with Gasteiger partial charge in [-0.05, 0) is 52.7 Å². The van der Waals surface area contributed by atoms with Gasteiger partial charge in [-0.15, -0.1) is 0 Å². The van der Waals surface area contributed by atoms with Crippen LogP contribution in [0.3, 0.4) is 0 Å². The maximum atomic E-state index is 12.6. The summed E-state index contributed by atoms with van der Waals surface area (Å²) in [6.07, 6.45) is 7.81. The van der Waals surface area contributed by atoms with Crippen molar-refractivity contribution < 1.29 is 9.53 Å². The van der Waals surface area contributed by atoms with E-state index in [0.29, 0.717) is 12.3 Å². The van der Waals surface area contributed by atoms with Gasteiger partial charge in [-0.2, -0.15) is 0 Å². The Morgan fingerprint density at radius 1 is 1.58 bits per heavy atom. The van der Waals surface area contributed by atoms with E-state index in [-0.39, 0.29) is 5.78 Å². The SMILES string of the molecule is COC1(C(=O)Cc2cncc(Br)c2)CCCC(C)C1. The summed E-state index contributed by atoms with van der Waals surface area (Å²) in [5, 5.41) is 0. The Morgan fingerprint density at radius 3 is 3.00 bits per heavy atom. The third kappa shape index (κ3) is 3.42. The Kier molecular flexibility index (Phi) is 4.74. The van der Waals surface area contributed by atoms with Gasteiger partial charge in [-0.1, -0.05) is 13.3 Å². The van der Waals surface area contributed by atoms with E-state index in [1.165, 1.54) is 6.42 Å². The number of aromatic nitrogens is 1. The maximum Gasteiger partial charge on any atom is 0.169 e. The van der Waals surface area contributed by atoms with Gasteiger partial charge in [0.05, 0.1) is 0 Å². The second-order valence-corrected chi connectivity index (χ2v) is 6.43. The zero-order valence-electron chi connectivity index (χ0n) is 11.5. The number of rotatable bonds is 4. The lowest BCUT2D eigenvalue weighted by molar-refractivity contribution is -0.146. The van der Waals surface area contributed by atoms with Gasteiger partial charge in [0.2, 0.25) is 0 Å². The largest absolute Gasteiger partial charge is 0.370 e. The Balaban J connectivity index is 2.13. The number of nitrogens with zero attached hydrogens (tertiary/aromatic N) is 1. The second kappa shape index (κ2) is 6.14. The fourth-order valence-corrected chi connectivity index (χ4v) is 3.37. The van der Waals surface area contributed by atoms with Crippen LogP contribution in [0.4, 0.5) is 0 Å². The molecule has 0 bridgehead atoms. The predicted octanol–water partition coefficient (Wildman–Crippen LogP) is 3.55. The summed E-state index contributed by atoms with van der Waals surface area (Å²) in [4.78, 5) is 16.7. The fraction of sp³-hybridized carbons (Fsp3) is 0.600. The average Bonchev–Trinajstić information content (AvgIpc) is 2.38. The highest BCUT2D eigenvalue weighted by Crippen LogP contribution is 2.36. The van der Waals surface area contributed by atoms with Gasteiger partial charge < -0.3 is 4.74 Å². The first-order valence-corrected chi connectivity index (χ1v) is 7.53. The van der Waals surface area contributed by atoms with Crippen molar-refractivity contribution in [3.63, 3.8) is 0 Å². The van der Waals surface area contributed by atoms with E-state index in [0.717, 1.165) is 29.3 Å². The van der Waals surface area contributed by atoms with Gasteiger partial charge in [0.1, 0.15) is 5.60 Å². The summed E-state index contributed by atoms with van der Waals surface area (Å²) in [7, 11) is 1.66. The molecule has 1 aliphatic carbocycles. The number of hydrogen-bond acceptors (Lipinski definition) is 3. The molecule has 4 heteroatoms. The van der Waals surface area contributed by atoms with Gasteiger partial charge in [0.25, 0.3) is 0 Å². The molecule has 3 nitrogen and oxygen atoms in total. The van der Waals surface area contributed by atoms with E-state index in [2.05, 4.69) is 27.8 Å². The molecule has 0 aromatic carbocycles. The molecule has 0 aliphatic heterocycles. The molecule has 1 fully saturated rings. The van der Waals surface area contributed by atoms with Gasteiger partial charge in [0, 0.05) is 30.4 Å². The topological polar surface area (TPSA) is 39.2 Å². The highest BCUT2D eigenvalue weighted by atomic mass is 79.9. The molecule has 0 amide bonds. The summed E-state index contributed by atoms with van der Waals surface area (Å²) in [5.41, 5.74) is 0.356. The fourth-order valence-electron chi connectivity index (χ4n) is 2.95. The molecule has 1 aliphatic rings. The van der Waals surface area contributed by atoms with E-state index in [1.54, 1.807) is 19.5 Å². The standard InChI is InChI=1S/C15H20BrNO2/c1-11-4-3-5-15(8-11,19-2)14(18)7-12-6-13(16)10-17-9-12/h6,9-11H,3-5,7-8H2,1-2H3. The van der Waals surface area contributed by atoms with Crippen LogP contribution in [0.2, 0.25) is 0 Å². The normalized spacial score (nSPS) is 27.2. The molecule has 1 aromatic heterocycles. The minimum atomic E-state index is -0.583. The molecule has 2 unspecified atom stereocenters. The number of pyridine rings is 1. The first-order chi connectivity index (χ1) is 9.05. The third-order valence-corrected chi connectivity index (χ3v) is 4.41. The first kappa shape index (κ1) is 14.7. The molecule has 0 radical (unpaired) electrons. The average molecular weight is 326 g/mol. The van der Waals surface area contributed by atoms with Gasteiger partial charge in [-0.25, -0.2) is 0 Å². The molecule has 19 heavy (non-hydrogen) atoms. The van der Waals surface area contributed by atoms with Crippen LogP contribution in [0.15, 0.2) is 22.9 Å². The van der Waals surface area contributed by atoms with Crippen molar-refractivity contribution in [3.8, 4) is 0 Å². The van der Waals surface area contributed by atoms with Crippen LogP contribution in [0.1, 0.15) is 38.2 Å². The van der Waals surface area contributed by atoms with Crippen LogP contribution in [0.25, 0.3) is 0 Å². The van der Waals surface area contributed by atoms with E-state index >= 15 is 0 Å². The minimum absolute atomic E-state index is 0.182. The predicted molar refractivity (Wildman–Crippen MR) is 78.0 cm³/mol. The summed E-state index contributed by atoms with van der Waals surface area (Å²) in [6.45, 7) is 2.20. The lowest BCUT2D eigenvalue weighted by Crippen LogP contribution is -2.45. The number of Topliss-reactive ketones (excluding diaryl/α,β-unsaturated/α-hetero) is 1. The lowest BCUT2D eigenvalue weighted by Gasteiger charge is -2.37. The molecule has 0 N–H and O–H groups in total. The highest BCUT2D eigenvalue weighted by Gasteiger charge is 2.41. The summed E-state index contributed by atoms with van der Waals surface area (Å²) in [5.74, 6) is 0.736. The number of halogens is 1. The van der Waals surface area contributed by atoms with Crippen LogP contribution in [-0.2, 0) is 16.0 Å². The smallest absolute Gasteiger partial charge is 0.169 e. The molecule has 0 saturated heterocycles. The molecule has 1 aromatic rings. The maximum absolute atomic E-state index is 12.6. The van der Waals surface area contributed by atoms with Crippen LogP contribution in [-0.4, -0.2) is 23.5 Å². The Labute approximate surface area is 122 Å². The first-order valence-electron chi connectivity index (χ1n) is 6.73. The number of ether oxygens (including phenoxy) is 1. The van der Waals surface area contributed by atoms with E-state index < -0.39 is 5.60 Å². The van der Waals surface area contributed by atoms with Gasteiger partial charge >= 0.3 is 0 Å². The minimum Gasteiger partial charge on any atom is -0.370 e. The van der Waals surface area contributed by atoms with Crippen LogP contribution in [0, 0.1) is 5.92 Å². The van der Waals surface area contributed by atoms with Crippen molar-refractivity contribution in [1.29, 1.82) is 0 Å². The number of ketones is 1. The molecule has 2 atom stereocenters. The van der Waals surface area contributed by atoms with E-state index in [4.69, 9.17) is 4.74 Å². The summed E-state index contributed by atoms with van der Waals surface area (Å²) in [6, 6.07) is 1.94. The number of carbonyl (C=O) groups is 1. The van der Waals surface area contributed by atoms with Crippen LogP contribution in [0.5, 0.6) is 0 Å². The van der Waals surface area contributed by atoms with Crippen molar-refractivity contribution in [2.24, 2.45) is 5.92 Å². The van der Waals surface area contributed by atoms with E-state index in [9.17, 15) is 4.79 Å². The molecule has 0 spiro atoms. The molecular weight excluding hydrogens is 306 g/mol. The zero-order valence-corrected chi connectivity index (χ0v) is 13.1. The second-order valence-electron chi connectivity index (χ2n) is 5.51. The van der Waals surface area contributed by atoms with Crippen LogP contribution < -0.4 is 0 Å². The van der Waals surface area contributed by atoms with Crippen molar-refractivity contribution in [1.82, 2.24) is 4.98 Å². The van der Waals surface area contributed by atoms with Gasteiger partial charge in [-0.3, -0.25) is 9.78 Å². The number of carbonyl (C=O) groups excluding carboxylic acids is 1. The Hall–Kier alpha value is -0.740. The molecular formula is C15H20BrNO2. The summed E-state index contributed by atoms with van der Waals surface area (Å²) < 4.78 is 6.54. The Morgan fingerprint density at radius 2 is 2.37 bits per heavy atom. The molecule has 104 valence electrons. The number of methoxy groups -OCH3 is 1. The number of hydrogen-bond donors (Lipinski definition) is 0. The van der Waals surface area contributed by atoms with E-state index in [1.807, 2.05) is 6.07 Å². The monoisotopic (exact) mass is 325 g/mol. The lowest BCUT2D eigenvalue weighted by atomic mass is 9.75. The van der Waals surface area contributed by atoms with Gasteiger partial charge in [0.15, 0.2) is 5.78 Å². The summed E-state index contributed by atoms with van der Waals surface area (Å²) >= 11 is 3.38. The molecule has 2 rings (SSSR count). The highest BCUT2D eigenvalue weighted by molar-refractivity contribution is 9.10. The van der Waals surface area contributed by atoms with Crippen LogP contribution >= 0.6 is 15.9 Å². The van der Waals surface area contributed by atoms with Crippen molar-refractivity contribution in [3.05, 3.63) is 28.5 Å². The quantitative estimate of drug-likeness (QED) is 0.849. The molecule has 1 saturated carbocycles. The van der Waals surface area contributed by atoms with Crippen molar-refractivity contribution in [2.45, 2.75) is 44.6 Å². The van der Waals surface area contributed by atoms with Crippen molar-refractivity contribution >= 4 is 21.7 Å². The third-order valence-electron chi connectivity index (χ3n) is 3.98. The van der Waals surface area contributed by atoms with Crippen molar-refractivity contribution in [2.75, 3.05) is 7.11 Å².